The van der Waals surface area contributed by atoms with E-state index in [9.17, 15) is 73.5 Å². The molecule has 118 heavy (non-hydrogen) atoms. The molecule has 3 unspecified atom stereocenters. The summed E-state index contributed by atoms with van der Waals surface area (Å²) in [5.41, 5.74) is 3.39. The van der Waals surface area contributed by atoms with Crippen LogP contribution in [0.15, 0.2) is 127 Å². The molecule has 7 aromatic carbocycles. The van der Waals surface area contributed by atoms with Crippen LogP contribution in [0.4, 0.5) is 13.2 Å². The van der Waals surface area contributed by atoms with Crippen LogP contribution < -0.4 is 46.5 Å². The standard InChI is InChI=1S/C83H87Cl2F3N6O24/c1-6-39(21-36(2)3)76(108)92-67-56(100)25-46(28-63(89)102)77(109)91-66-45-26-60(114-58-19-14-43(69(67)103)23-52(58)84)73(118-81-74(72(106)71(105)62(34-95)116-81)117-64-32-82(5,75(107)37(4)113-64)90-33-38-7-9-40(10-8-38)41-11-16-47(17-12-41)83(86,87)88)61(27-45)115-59-20-15-44(24-53(59)85)70(104)68-79(111)94-80(112-35-96)51-29-48(97)30-55(99)65(51)50-22-42(13-18-54(50)98)49(31-57(66)101)78(110)93-68/h7-20,22-24,26-27,29-30,35-37,39,46,49,62,64,66-72,74-75,80-81,90,95,97-99,103-107H,6,21,25,28,31-34H2,1-5H3,(H2,89,102)(H,91,109)(H,92,108)(H,93,110)(H,94,111)/t37-,39+,46-,49-,62+,64-,66+,67-,68-,69+,70+,71?,72?,74+,75+,80+,81-,82?/m0/s1. The summed E-state index contributed by atoms with van der Waals surface area (Å²) in [6.07, 6.45) is -26.9. The quantitative estimate of drug-likeness (QED) is 0.0361. The largest absolute Gasteiger partial charge is 0.508 e. The molecule has 35 heteroatoms. The predicted octanol–water partition coefficient (Wildman–Crippen LogP) is 8.08. The van der Waals surface area contributed by atoms with Crippen molar-refractivity contribution in [1.29, 1.82) is 0 Å². The number of rotatable bonds is 18. The number of nitrogens with two attached hydrogens (primary N) is 1. The Hall–Kier alpha value is -10.5. The number of amides is 5. The highest BCUT2D eigenvalue weighted by Crippen LogP contribution is 2.51. The molecule has 7 aromatic rings. The molecule has 2 saturated heterocycles. The monoisotopic (exact) mass is 1680 g/mol. The molecule has 2 fully saturated rings. The number of nitrogens with one attached hydrogen (secondary N) is 5. The number of phenolic OH excluding ortho intramolecular Hbond substituents is 3. The number of aromatic hydroxyl groups is 3. The number of alkyl halides is 3. The Morgan fingerprint density at radius 3 is 1.94 bits per heavy atom. The number of carbonyl (C=O) groups excluding carboxylic acids is 8. The van der Waals surface area contributed by atoms with Gasteiger partial charge in [-0.2, -0.15) is 13.2 Å². The zero-order valence-corrected chi connectivity index (χ0v) is 65.4. The van der Waals surface area contributed by atoms with Gasteiger partial charge in [-0.15, -0.1) is 0 Å². The smallest absolute Gasteiger partial charge is 0.416 e. The van der Waals surface area contributed by atoms with Gasteiger partial charge in [0, 0.05) is 66.4 Å². The van der Waals surface area contributed by atoms with Crippen LogP contribution in [-0.4, -0.2) is 167 Å². The van der Waals surface area contributed by atoms with Crippen molar-refractivity contribution in [3.8, 4) is 68.2 Å². The van der Waals surface area contributed by atoms with Gasteiger partial charge in [-0.05, 0) is 138 Å². The van der Waals surface area contributed by atoms with E-state index in [0.29, 0.717) is 23.1 Å². The number of primary amides is 1. The molecule has 628 valence electrons. The van der Waals surface area contributed by atoms with E-state index in [4.69, 9.17) is 62.1 Å². The number of ether oxygens (including phenoxy) is 7. The van der Waals surface area contributed by atoms with Gasteiger partial charge < -0.3 is 111 Å². The number of halogens is 5. The number of aliphatic hydroxyl groups excluding tert-OH is 6. The Kier molecular flexibility index (Phi) is 26.5. The number of phenols is 3. The summed E-state index contributed by atoms with van der Waals surface area (Å²) in [5.74, 6) is -17.1. The number of hydrogen-bond donors (Lipinski definition) is 15. The van der Waals surface area contributed by atoms with Crippen molar-refractivity contribution in [1.82, 2.24) is 26.6 Å². The highest BCUT2D eigenvalue weighted by molar-refractivity contribution is 6.32. The van der Waals surface area contributed by atoms with Gasteiger partial charge in [-0.3, -0.25) is 38.4 Å². The SMILES string of the molecule is CC[C@H](CC(C)C)C(=O)N[C@H]1C(=O)C[C@@H](CC(N)=O)C(=O)N[C@H]2C(=O)C[C@@H]3C(=O)N[C@H](C(=O)N[C@H](OC=O)c4cc(O)cc(O)c4-c4cc3ccc4O)[C@H](O)c3ccc(c(Cl)c3)Oc3cc2cc(c3O[C@@H]2O[C@H](CO)C(O)C(O)[C@H]2O[C@H]2CC(C)(NCc3ccc(-c4ccc(C(F)(F)F)cc4)cc3)[C@H](O)[C@H](C)O2)Oc2ccc(cc2Cl)[C@H]1O. The summed E-state index contributed by atoms with van der Waals surface area (Å²) in [6.45, 7) is 7.64. The molecule has 0 spiro atoms. The minimum absolute atomic E-state index is 0.0341. The zero-order chi connectivity index (χ0) is 85.3. The van der Waals surface area contributed by atoms with E-state index in [0.717, 1.165) is 60.7 Å². The number of fused-ring (bicyclic) bond motifs is 15. The van der Waals surface area contributed by atoms with Gasteiger partial charge in [0.1, 0.15) is 77.4 Å². The second kappa shape index (κ2) is 36.0. The summed E-state index contributed by atoms with van der Waals surface area (Å²) in [5, 5.41) is 119. The second-order valence-electron chi connectivity index (χ2n) is 30.4. The summed E-state index contributed by atoms with van der Waals surface area (Å²) in [6, 6.07) is 19.7. The first-order valence-corrected chi connectivity index (χ1v) is 38.5. The molecule has 0 aliphatic carbocycles. The third kappa shape index (κ3) is 18.9. The topological polar surface area (TPSA) is 469 Å². The van der Waals surface area contributed by atoms with Gasteiger partial charge in [-0.1, -0.05) is 98.6 Å². The van der Waals surface area contributed by atoms with E-state index in [1.807, 2.05) is 13.8 Å². The maximum absolute atomic E-state index is 16.4. The fourth-order valence-electron chi connectivity index (χ4n) is 15.3. The minimum Gasteiger partial charge on any atom is -0.508 e. The molecule has 7 aliphatic heterocycles. The first-order chi connectivity index (χ1) is 55.9. The lowest BCUT2D eigenvalue weighted by Crippen LogP contribution is -2.65. The molecule has 11 bridgehead atoms. The van der Waals surface area contributed by atoms with Crippen molar-refractivity contribution in [2.75, 3.05) is 6.61 Å². The molecule has 7 aliphatic rings. The van der Waals surface area contributed by atoms with Crippen LogP contribution >= 0.6 is 23.2 Å². The van der Waals surface area contributed by atoms with Crippen LogP contribution in [0.3, 0.4) is 0 Å². The van der Waals surface area contributed by atoms with Crippen LogP contribution in [0.5, 0.6) is 46.0 Å². The predicted molar refractivity (Wildman–Crippen MR) is 412 cm³/mol. The molecular weight excluding hydrogens is 1590 g/mol. The van der Waals surface area contributed by atoms with E-state index >= 15 is 24.0 Å². The Bertz CT molecular complexity index is 4970. The third-order valence-electron chi connectivity index (χ3n) is 21.7. The van der Waals surface area contributed by atoms with Crippen molar-refractivity contribution in [3.05, 3.63) is 176 Å². The Morgan fingerprint density at radius 1 is 0.720 bits per heavy atom. The number of Topliss-reactive ketones (excluding diaryl/α,β-unsaturated/α-hetero) is 2. The van der Waals surface area contributed by atoms with E-state index in [1.165, 1.54) is 49.4 Å². The summed E-state index contributed by atoms with van der Waals surface area (Å²) < 4.78 is 85.0. The molecule has 0 saturated carbocycles. The van der Waals surface area contributed by atoms with Crippen molar-refractivity contribution in [2.24, 2.45) is 23.5 Å². The molecular formula is C83H87Cl2F3N6O24. The van der Waals surface area contributed by atoms with Crippen molar-refractivity contribution in [2.45, 2.75) is 183 Å². The van der Waals surface area contributed by atoms with E-state index in [1.54, 1.807) is 38.1 Å². The van der Waals surface area contributed by atoms with Crippen LogP contribution in [0.2, 0.25) is 10.0 Å². The number of hydrogen-bond acceptors (Lipinski definition) is 25. The first-order valence-electron chi connectivity index (χ1n) is 37.8. The molecule has 16 N–H and O–H groups in total. The summed E-state index contributed by atoms with van der Waals surface area (Å²) in [4.78, 5) is 118. The lowest BCUT2D eigenvalue weighted by atomic mass is 9.84. The van der Waals surface area contributed by atoms with Crippen LogP contribution in [0, 0.1) is 17.8 Å². The average molecular weight is 1680 g/mol. The number of carbonyl (C=O) groups is 8. The maximum atomic E-state index is 16.4. The van der Waals surface area contributed by atoms with Gasteiger partial charge in [-0.25, -0.2) is 0 Å². The second-order valence-corrected chi connectivity index (χ2v) is 31.3. The van der Waals surface area contributed by atoms with E-state index in [2.05, 4.69) is 26.6 Å². The normalized spacial score (nSPS) is 27.1. The molecule has 14 rings (SSSR count). The van der Waals surface area contributed by atoms with Gasteiger partial charge in [0.15, 0.2) is 35.5 Å². The van der Waals surface area contributed by atoms with Crippen LogP contribution in [-0.2, 0) is 70.0 Å². The van der Waals surface area contributed by atoms with Gasteiger partial charge in [0.2, 0.25) is 47.8 Å². The molecule has 30 nitrogen and oxygen atoms in total. The van der Waals surface area contributed by atoms with E-state index < -0.39 is 238 Å². The molecule has 0 radical (unpaired) electrons. The molecule has 18 atom stereocenters. The van der Waals surface area contributed by atoms with Crippen molar-refractivity contribution in [3.63, 3.8) is 0 Å². The maximum Gasteiger partial charge on any atom is 0.416 e. The average Bonchev–Trinajstić information content (AvgIpc) is 0.767. The third-order valence-corrected chi connectivity index (χ3v) is 22.3. The van der Waals surface area contributed by atoms with Gasteiger partial charge >= 0.3 is 6.18 Å². The Balaban J connectivity index is 1.02. The number of benzene rings is 7. The van der Waals surface area contributed by atoms with Gasteiger partial charge in [0.25, 0.3) is 6.47 Å². The minimum atomic E-state index is -4.54. The molecule has 7 heterocycles. The summed E-state index contributed by atoms with van der Waals surface area (Å²) in [7, 11) is 0. The molecule has 0 aromatic heterocycles. The zero-order valence-electron chi connectivity index (χ0n) is 63.9. The Morgan fingerprint density at radius 2 is 1.35 bits per heavy atom. The highest BCUT2D eigenvalue weighted by Gasteiger charge is 2.52. The first kappa shape index (κ1) is 86.8. The lowest BCUT2D eigenvalue weighted by Gasteiger charge is -2.48. The summed E-state index contributed by atoms with van der Waals surface area (Å²) >= 11 is 14.3. The van der Waals surface area contributed by atoms with Gasteiger partial charge in [0.05, 0.1) is 46.3 Å². The fraction of sp³-hybridized carbons (Fsp3) is 0.398. The van der Waals surface area contributed by atoms with E-state index in [-0.39, 0.29) is 76.1 Å². The van der Waals surface area contributed by atoms with Crippen molar-refractivity contribution < 1.29 is 131 Å². The van der Waals surface area contributed by atoms with Crippen LogP contribution in [0.25, 0.3) is 22.3 Å². The Labute approximate surface area is 682 Å². The lowest BCUT2D eigenvalue weighted by molar-refractivity contribution is -0.334. The highest BCUT2D eigenvalue weighted by atomic mass is 35.5. The van der Waals surface area contributed by atoms with Crippen LogP contribution in [0.1, 0.15) is 142 Å². The number of aliphatic hydroxyl groups is 6. The molecule has 5 amide bonds. The number of ketones is 2. The fourth-order valence-corrected chi connectivity index (χ4v) is 15.7. The van der Waals surface area contributed by atoms with Crippen molar-refractivity contribution >= 4 is 70.8 Å².